The minimum Gasteiger partial charge on any atom is -0.312 e. The average Bonchev–Trinajstić information content (AvgIpc) is 2.49. The number of rotatable bonds is 5. The lowest BCUT2D eigenvalue weighted by atomic mass is 9.86. The van der Waals surface area contributed by atoms with E-state index in [1.807, 2.05) is 13.8 Å². The Kier molecular flexibility index (Phi) is 5.13. The fourth-order valence-electron chi connectivity index (χ4n) is 2.35. The summed E-state index contributed by atoms with van der Waals surface area (Å²) in [7, 11) is 0. The Balaban J connectivity index is 2.79. The normalized spacial score (nSPS) is 26.1. The predicted molar refractivity (Wildman–Crippen MR) is 76.6 cm³/mol. The number of amides is 2. The highest BCUT2D eigenvalue weighted by Gasteiger charge is 2.43. The van der Waals surface area contributed by atoms with Crippen LogP contribution in [0.25, 0.3) is 0 Å². The number of nitrogens with one attached hydrogen (secondary N) is 1. The van der Waals surface area contributed by atoms with E-state index in [0.717, 1.165) is 13.0 Å². The standard InChI is InChI=1S/C15H28N2O2/c1-7-8-16-12(15(4,5)6)9-17-13(18)10(2)11(3)14(17)19/h10-12,16H,7-9H2,1-6H3. The Morgan fingerprint density at radius 3 is 2.00 bits per heavy atom. The minimum absolute atomic E-state index is 0.0186. The molecule has 4 nitrogen and oxygen atoms in total. The number of hydrogen-bond acceptors (Lipinski definition) is 3. The third-order valence-electron chi connectivity index (χ3n) is 4.11. The van der Waals surface area contributed by atoms with Crippen molar-refractivity contribution in [3.63, 3.8) is 0 Å². The molecule has 110 valence electrons. The molecule has 3 unspecified atom stereocenters. The fraction of sp³-hybridized carbons (Fsp3) is 0.867. The lowest BCUT2D eigenvalue weighted by molar-refractivity contribution is -0.140. The lowest BCUT2D eigenvalue weighted by Crippen LogP contribution is -2.50. The summed E-state index contributed by atoms with van der Waals surface area (Å²) in [5.41, 5.74) is 0.0186. The van der Waals surface area contributed by atoms with Crippen molar-refractivity contribution >= 4 is 11.8 Å². The molecule has 0 aliphatic carbocycles. The molecule has 4 heteroatoms. The number of carbonyl (C=O) groups is 2. The molecule has 1 aliphatic heterocycles. The van der Waals surface area contributed by atoms with Crippen LogP contribution in [0.5, 0.6) is 0 Å². The van der Waals surface area contributed by atoms with Crippen LogP contribution in [0.15, 0.2) is 0 Å². The number of imide groups is 1. The molecular formula is C15H28N2O2. The van der Waals surface area contributed by atoms with E-state index in [1.165, 1.54) is 4.90 Å². The largest absolute Gasteiger partial charge is 0.312 e. The monoisotopic (exact) mass is 268 g/mol. The summed E-state index contributed by atoms with van der Waals surface area (Å²) in [6.45, 7) is 13.6. The van der Waals surface area contributed by atoms with Crippen LogP contribution < -0.4 is 5.32 Å². The van der Waals surface area contributed by atoms with E-state index >= 15 is 0 Å². The zero-order valence-electron chi connectivity index (χ0n) is 13.1. The molecule has 19 heavy (non-hydrogen) atoms. The number of nitrogens with zero attached hydrogens (tertiary/aromatic N) is 1. The Morgan fingerprint density at radius 2 is 1.63 bits per heavy atom. The summed E-state index contributed by atoms with van der Waals surface area (Å²) in [6.07, 6.45) is 1.04. The van der Waals surface area contributed by atoms with Gasteiger partial charge in [0, 0.05) is 24.4 Å². The lowest BCUT2D eigenvalue weighted by Gasteiger charge is -2.34. The van der Waals surface area contributed by atoms with Crippen LogP contribution in [-0.2, 0) is 9.59 Å². The van der Waals surface area contributed by atoms with E-state index in [4.69, 9.17) is 0 Å². The molecule has 2 amide bonds. The van der Waals surface area contributed by atoms with Gasteiger partial charge in [0.15, 0.2) is 0 Å². The molecule has 0 aromatic carbocycles. The Hall–Kier alpha value is -0.900. The maximum Gasteiger partial charge on any atom is 0.232 e. The van der Waals surface area contributed by atoms with E-state index in [0.29, 0.717) is 6.54 Å². The maximum absolute atomic E-state index is 12.1. The van der Waals surface area contributed by atoms with Crippen molar-refractivity contribution in [2.75, 3.05) is 13.1 Å². The van der Waals surface area contributed by atoms with Gasteiger partial charge in [-0.15, -0.1) is 0 Å². The Bertz CT molecular complexity index is 327. The summed E-state index contributed by atoms with van der Waals surface area (Å²) in [5.74, 6) is -0.409. The van der Waals surface area contributed by atoms with E-state index in [9.17, 15) is 9.59 Å². The van der Waals surface area contributed by atoms with Gasteiger partial charge >= 0.3 is 0 Å². The van der Waals surface area contributed by atoms with Crippen LogP contribution in [0.4, 0.5) is 0 Å². The fourth-order valence-corrected chi connectivity index (χ4v) is 2.35. The first-order chi connectivity index (χ1) is 8.70. The van der Waals surface area contributed by atoms with Gasteiger partial charge in [-0.2, -0.15) is 0 Å². The molecule has 0 spiro atoms. The summed E-state index contributed by atoms with van der Waals surface area (Å²) < 4.78 is 0. The summed E-state index contributed by atoms with van der Waals surface area (Å²) in [5, 5.41) is 3.46. The van der Waals surface area contributed by atoms with Crippen LogP contribution in [0.3, 0.4) is 0 Å². The first kappa shape index (κ1) is 16.2. The van der Waals surface area contributed by atoms with E-state index < -0.39 is 0 Å². The first-order valence-electron chi connectivity index (χ1n) is 7.28. The topological polar surface area (TPSA) is 49.4 Å². The number of hydrogen-bond donors (Lipinski definition) is 1. The van der Waals surface area contributed by atoms with Gasteiger partial charge in [0.1, 0.15) is 0 Å². The maximum atomic E-state index is 12.1. The second-order valence-corrected chi connectivity index (χ2v) is 6.74. The highest BCUT2D eigenvalue weighted by atomic mass is 16.2. The molecule has 0 saturated carbocycles. The summed E-state index contributed by atoms with van der Waals surface area (Å²) in [4.78, 5) is 25.7. The smallest absolute Gasteiger partial charge is 0.232 e. The summed E-state index contributed by atoms with van der Waals surface area (Å²) >= 11 is 0. The van der Waals surface area contributed by atoms with Gasteiger partial charge < -0.3 is 5.32 Å². The van der Waals surface area contributed by atoms with E-state index in [-0.39, 0.29) is 35.1 Å². The van der Waals surface area contributed by atoms with Crippen LogP contribution >= 0.6 is 0 Å². The molecule has 1 N–H and O–H groups in total. The SMILES string of the molecule is CCCNC(CN1C(=O)C(C)C(C)C1=O)C(C)(C)C. The second-order valence-electron chi connectivity index (χ2n) is 6.74. The Labute approximate surface area is 116 Å². The van der Waals surface area contributed by atoms with Gasteiger partial charge in [-0.1, -0.05) is 41.5 Å². The van der Waals surface area contributed by atoms with Crippen molar-refractivity contribution in [1.29, 1.82) is 0 Å². The molecule has 1 aliphatic rings. The van der Waals surface area contributed by atoms with Crippen LogP contribution in [0.2, 0.25) is 0 Å². The van der Waals surface area contributed by atoms with Crippen molar-refractivity contribution in [2.45, 2.75) is 54.0 Å². The number of likely N-dealkylation sites (tertiary alicyclic amines) is 1. The first-order valence-corrected chi connectivity index (χ1v) is 7.28. The van der Waals surface area contributed by atoms with Crippen molar-refractivity contribution in [3.05, 3.63) is 0 Å². The highest BCUT2D eigenvalue weighted by Crippen LogP contribution is 2.28. The summed E-state index contributed by atoms with van der Waals surface area (Å²) in [6, 6.07) is 0.137. The van der Waals surface area contributed by atoms with Gasteiger partial charge in [0.2, 0.25) is 11.8 Å². The van der Waals surface area contributed by atoms with E-state index in [2.05, 4.69) is 33.0 Å². The van der Waals surface area contributed by atoms with Gasteiger partial charge in [0.05, 0.1) is 0 Å². The zero-order valence-corrected chi connectivity index (χ0v) is 13.1. The van der Waals surface area contributed by atoms with Crippen molar-refractivity contribution in [1.82, 2.24) is 10.2 Å². The zero-order chi connectivity index (χ0) is 14.8. The van der Waals surface area contributed by atoms with Gasteiger partial charge in [0.25, 0.3) is 0 Å². The predicted octanol–water partition coefficient (Wildman–Crippen LogP) is 2.04. The highest BCUT2D eigenvalue weighted by molar-refractivity contribution is 6.04. The molecular weight excluding hydrogens is 240 g/mol. The molecule has 0 bridgehead atoms. The quantitative estimate of drug-likeness (QED) is 0.776. The molecule has 1 heterocycles. The van der Waals surface area contributed by atoms with Crippen LogP contribution in [-0.4, -0.2) is 35.8 Å². The molecule has 0 radical (unpaired) electrons. The van der Waals surface area contributed by atoms with Crippen molar-refractivity contribution in [2.24, 2.45) is 17.3 Å². The van der Waals surface area contributed by atoms with Gasteiger partial charge in [-0.3, -0.25) is 14.5 Å². The number of carbonyl (C=O) groups excluding carboxylic acids is 2. The van der Waals surface area contributed by atoms with Crippen molar-refractivity contribution < 1.29 is 9.59 Å². The van der Waals surface area contributed by atoms with E-state index in [1.54, 1.807) is 0 Å². The Morgan fingerprint density at radius 1 is 1.16 bits per heavy atom. The second kappa shape index (κ2) is 6.04. The minimum atomic E-state index is -0.181. The third-order valence-corrected chi connectivity index (χ3v) is 4.11. The van der Waals surface area contributed by atoms with Crippen LogP contribution in [0.1, 0.15) is 48.0 Å². The van der Waals surface area contributed by atoms with Crippen LogP contribution in [0, 0.1) is 17.3 Å². The molecule has 1 rings (SSSR count). The van der Waals surface area contributed by atoms with Gasteiger partial charge in [-0.25, -0.2) is 0 Å². The van der Waals surface area contributed by atoms with Crippen molar-refractivity contribution in [3.8, 4) is 0 Å². The van der Waals surface area contributed by atoms with Gasteiger partial charge in [-0.05, 0) is 18.4 Å². The molecule has 0 aromatic heterocycles. The third kappa shape index (κ3) is 3.56. The molecule has 1 fully saturated rings. The average molecular weight is 268 g/mol. The molecule has 0 aromatic rings. The molecule has 3 atom stereocenters. The molecule has 1 saturated heterocycles.